The number of rotatable bonds is 8. The van der Waals surface area contributed by atoms with E-state index in [-0.39, 0.29) is 12.6 Å². The van der Waals surface area contributed by atoms with Crippen LogP contribution in [0.3, 0.4) is 0 Å². The molecule has 0 bridgehead atoms. The molecule has 7 heteroatoms. The number of aromatic nitrogens is 3. The van der Waals surface area contributed by atoms with Crippen LogP contribution in [-0.4, -0.2) is 38.7 Å². The molecule has 1 aromatic rings. The summed E-state index contributed by atoms with van der Waals surface area (Å²) in [7, 11) is 0. The quantitative estimate of drug-likeness (QED) is 0.584. The van der Waals surface area contributed by atoms with Crippen LogP contribution in [0.5, 0.6) is 0 Å². The van der Waals surface area contributed by atoms with E-state index >= 15 is 0 Å². The molecule has 1 heterocycles. The second kappa shape index (κ2) is 7.07. The Morgan fingerprint density at radius 1 is 1.67 bits per heavy atom. The van der Waals surface area contributed by atoms with Gasteiger partial charge in [0, 0.05) is 19.2 Å². The van der Waals surface area contributed by atoms with E-state index in [0.717, 1.165) is 6.42 Å². The minimum absolute atomic E-state index is 0.0968. The molecule has 4 N–H and O–H groups in total. The van der Waals surface area contributed by atoms with Crippen LogP contribution < -0.4 is 11.1 Å². The Labute approximate surface area is 106 Å². The summed E-state index contributed by atoms with van der Waals surface area (Å²) < 4.78 is 1.60. The molecule has 102 valence electrons. The summed E-state index contributed by atoms with van der Waals surface area (Å²) in [6, 6.07) is -0.451. The SMILES string of the molecule is CCC(C)NC(C(N)=O)c1cn(CCCO)nn1. The van der Waals surface area contributed by atoms with Gasteiger partial charge < -0.3 is 10.8 Å². The number of hydrogen-bond acceptors (Lipinski definition) is 5. The molecule has 18 heavy (non-hydrogen) atoms. The molecule has 0 aliphatic rings. The second-order valence-corrected chi connectivity index (χ2v) is 4.29. The van der Waals surface area contributed by atoms with Gasteiger partial charge in [0.1, 0.15) is 11.7 Å². The highest BCUT2D eigenvalue weighted by Gasteiger charge is 2.22. The topological polar surface area (TPSA) is 106 Å². The molecule has 0 aromatic carbocycles. The summed E-state index contributed by atoms with van der Waals surface area (Å²) in [5.41, 5.74) is 5.88. The highest BCUT2D eigenvalue weighted by Crippen LogP contribution is 2.10. The van der Waals surface area contributed by atoms with Gasteiger partial charge in [0.25, 0.3) is 0 Å². The van der Waals surface area contributed by atoms with Gasteiger partial charge in [-0.15, -0.1) is 5.10 Å². The lowest BCUT2D eigenvalue weighted by Gasteiger charge is -2.17. The maximum absolute atomic E-state index is 11.4. The van der Waals surface area contributed by atoms with E-state index in [9.17, 15) is 4.79 Å². The summed E-state index contributed by atoms with van der Waals surface area (Å²) in [5, 5.41) is 19.7. The van der Waals surface area contributed by atoms with E-state index in [1.807, 2.05) is 13.8 Å². The largest absolute Gasteiger partial charge is 0.396 e. The maximum atomic E-state index is 11.4. The smallest absolute Gasteiger partial charge is 0.240 e. The Hall–Kier alpha value is -1.47. The van der Waals surface area contributed by atoms with Crippen LogP contribution in [0.25, 0.3) is 0 Å². The lowest BCUT2D eigenvalue weighted by molar-refractivity contribution is -0.120. The van der Waals surface area contributed by atoms with Gasteiger partial charge in [-0.25, -0.2) is 0 Å². The second-order valence-electron chi connectivity index (χ2n) is 4.29. The molecular formula is C11H21N5O2. The van der Waals surface area contributed by atoms with Crippen molar-refractivity contribution in [3.8, 4) is 0 Å². The zero-order valence-electron chi connectivity index (χ0n) is 10.8. The minimum atomic E-state index is -0.622. The molecular weight excluding hydrogens is 234 g/mol. The number of carbonyl (C=O) groups excluding carboxylic acids is 1. The fourth-order valence-corrected chi connectivity index (χ4v) is 1.50. The number of hydrogen-bond donors (Lipinski definition) is 3. The first-order chi connectivity index (χ1) is 8.58. The number of nitrogens with zero attached hydrogens (tertiary/aromatic N) is 3. The minimum Gasteiger partial charge on any atom is -0.396 e. The first-order valence-corrected chi connectivity index (χ1v) is 6.14. The first-order valence-electron chi connectivity index (χ1n) is 6.14. The van der Waals surface area contributed by atoms with Crippen molar-refractivity contribution >= 4 is 5.91 Å². The molecule has 0 aliphatic carbocycles. The van der Waals surface area contributed by atoms with Gasteiger partial charge >= 0.3 is 0 Å². The van der Waals surface area contributed by atoms with Crippen molar-refractivity contribution in [1.82, 2.24) is 20.3 Å². The third-order valence-electron chi connectivity index (χ3n) is 2.75. The van der Waals surface area contributed by atoms with E-state index in [2.05, 4.69) is 15.6 Å². The van der Waals surface area contributed by atoms with Gasteiger partial charge in [0.15, 0.2) is 0 Å². The van der Waals surface area contributed by atoms with Crippen LogP contribution in [0.2, 0.25) is 0 Å². The molecule has 0 radical (unpaired) electrons. The highest BCUT2D eigenvalue weighted by molar-refractivity contribution is 5.80. The Kier molecular flexibility index (Phi) is 5.73. The van der Waals surface area contributed by atoms with Gasteiger partial charge in [-0.3, -0.25) is 14.8 Å². The standard InChI is InChI=1S/C11H21N5O2/c1-3-8(2)13-10(11(12)18)9-7-16(15-14-9)5-4-6-17/h7-8,10,13,17H,3-6H2,1-2H3,(H2,12,18). The van der Waals surface area contributed by atoms with Crippen LogP contribution in [-0.2, 0) is 11.3 Å². The Morgan fingerprint density at radius 2 is 2.39 bits per heavy atom. The summed E-state index contributed by atoms with van der Waals surface area (Å²) in [5.74, 6) is -0.468. The number of carbonyl (C=O) groups is 1. The lowest BCUT2D eigenvalue weighted by Crippen LogP contribution is -2.38. The predicted molar refractivity (Wildman–Crippen MR) is 66.5 cm³/mol. The molecule has 1 amide bonds. The number of nitrogens with two attached hydrogens (primary N) is 1. The Morgan fingerprint density at radius 3 is 2.94 bits per heavy atom. The number of aryl methyl sites for hydroxylation is 1. The molecule has 2 atom stereocenters. The third kappa shape index (κ3) is 4.08. The Bertz CT molecular complexity index is 379. The number of primary amides is 1. The van der Waals surface area contributed by atoms with E-state index in [1.54, 1.807) is 10.9 Å². The molecule has 1 rings (SSSR count). The molecule has 2 unspecified atom stereocenters. The number of nitrogens with one attached hydrogen (secondary N) is 1. The zero-order valence-corrected chi connectivity index (χ0v) is 10.8. The fraction of sp³-hybridized carbons (Fsp3) is 0.727. The average molecular weight is 255 g/mol. The zero-order chi connectivity index (χ0) is 13.5. The van der Waals surface area contributed by atoms with Gasteiger partial charge in [-0.2, -0.15) is 0 Å². The van der Waals surface area contributed by atoms with Gasteiger partial charge in [0.2, 0.25) is 5.91 Å². The van der Waals surface area contributed by atoms with E-state index in [1.165, 1.54) is 0 Å². The lowest BCUT2D eigenvalue weighted by atomic mass is 10.1. The van der Waals surface area contributed by atoms with Crippen molar-refractivity contribution < 1.29 is 9.90 Å². The highest BCUT2D eigenvalue weighted by atomic mass is 16.3. The number of aliphatic hydroxyl groups is 1. The van der Waals surface area contributed by atoms with Crippen LogP contribution in [0.4, 0.5) is 0 Å². The van der Waals surface area contributed by atoms with Crippen molar-refractivity contribution in [3.63, 3.8) is 0 Å². The predicted octanol–water partition coefficient (Wildman–Crippen LogP) is -0.425. The third-order valence-corrected chi connectivity index (χ3v) is 2.75. The molecule has 0 spiro atoms. The van der Waals surface area contributed by atoms with Gasteiger partial charge in [-0.1, -0.05) is 12.1 Å². The van der Waals surface area contributed by atoms with E-state index in [4.69, 9.17) is 10.8 Å². The van der Waals surface area contributed by atoms with E-state index < -0.39 is 11.9 Å². The summed E-state index contributed by atoms with van der Waals surface area (Å²) in [4.78, 5) is 11.4. The fourth-order valence-electron chi connectivity index (χ4n) is 1.50. The van der Waals surface area contributed by atoms with Crippen LogP contribution in [0, 0.1) is 0 Å². The maximum Gasteiger partial charge on any atom is 0.240 e. The average Bonchev–Trinajstić information content (AvgIpc) is 2.81. The normalized spacial score (nSPS) is 14.4. The molecule has 0 saturated carbocycles. The van der Waals surface area contributed by atoms with Gasteiger partial charge in [-0.05, 0) is 19.8 Å². The monoisotopic (exact) mass is 255 g/mol. The molecule has 0 saturated heterocycles. The van der Waals surface area contributed by atoms with E-state index in [0.29, 0.717) is 18.7 Å². The van der Waals surface area contributed by atoms with Crippen LogP contribution >= 0.6 is 0 Å². The number of aliphatic hydroxyl groups excluding tert-OH is 1. The van der Waals surface area contributed by atoms with Crippen molar-refractivity contribution in [3.05, 3.63) is 11.9 Å². The molecule has 1 aromatic heterocycles. The molecule has 7 nitrogen and oxygen atoms in total. The first kappa shape index (κ1) is 14.6. The van der Waals surface area contributed by atoms with Crippen molar-refractivity contribution in [2.75, 3.05) is 6.61 Å². The summed E-state index contributed by atoms with van der Waals surface area (Å²) >= 11 is 0. The van der Waals surface area contributed by atoms with Crippen molar-refractivity contribution in [1.29, 1.82) is 0 Å². The number of amides is 1. The molecule has 0 fully saturated rings. The van der Waals surface area contributed by atoms with Gasteiger partial charge in [0.05, 0.1) is 6.20 Å². The Balaban J connectivity index is 2.73. The van der Waals surface area contributed by atoms with Crippen LogP contribution in [0.15, 0.2) is 6.20 Å². The van der Waals surface area contributed by atoms with Crippen LogP contribution in [0.1, 0.15) is 38.4 Å². The summed E-state index contributed by atoms with van der Waals surface area (Å²) in [6.45, 7) is 4.66. The molecule has 0 aliphatic heterocycles. The van der Waals surface area contributed by atoms with Crippen molar-refractivity contribution in [2.24, 2.45) is 5.73 Å². The van der Waals surface area contributed by atoms with Crippen molar-refractivity contribution in [2.45, 2.75) is 45.3 Å². The summed E-state index contributed by atoms with van der Waals surface area (Å²) in [6.07, 6.45) is 3.17.